The van der Waals surface area contributed by atoms with Crippen molar-refractivity contribution in [3.05, 3.63) is 47.6 Å². The van der Waals surface area contributed by atoms with Gasteiger partial charge in [0.25, 0.3) is 0 Å². The Bertz CT molecular complexity index is 738. The maximum atomic E-state index is 10.1. The van der Waals surface area contributed by atoms with E-state index in [1.165, 1.54) is 25.7 Å². The Morgan fingerprint density at radius 1 is 1.23 bits per heavy atom. The van der Waals surface area contributed by atoms with Gasteiger partial charge in [-0.15, -0.1) is 0 Å². The van der Waals surface area contributed by atoms with Crippen LogP contribution in [0.4, 0.5) is 0 Å². The molecule has 0 spiro atoms. The van der Waals surface area contributed by atoms with Crippen molar-refractivity contribution in [2.75, 3.05) is 0 Å². The molecule has 3 N–H and O–H groups in total. The molecule has 0 aromatic heterocycles. The Labute approximate surface area is 189 Å². The van der Waals surface area contributed by atoms with Crippen LogP contribution >= 0.6 is 0 Å². The average Bonchev–Trinajstić information content (AvgIpc) is 3.03. The lowest BCUT2D eigenvalue weighted by Gasteiger charge is -2.44. The Morgan fingerprint density at radius 2 is 1.97 bits per heavy atom. The molecule has 0 aromatic rings. The number of allylic oxidation sites excluding steroid dienone is 5. The molecular formula is C28H44O3. The molecular weight excluding hydrogens is 384 g/mol. The van der Waals surface area contributed by atoms with E-state index in [-0.39, 0.29) is 0 Å². The fourth-order valence-corrected chi connectivity index (χ4v) is 6.49. The van der Waals surface area contributed by atoms with E-state index >= 15 is 0 Å². The van der Waals surface area contributed by atoms with Crippen molar-refractivity contribution >= 4 is 0 Å². The molecule has 0 aromatic carbocycles. The highest BCUT2D eigenvalue weighted by Gasteiger charge is 2.50. The molecule has 0 radical (unpaired) electrons. The molecule has 3 rings (SSSR count). The zero-order chi connectivity index (χ0) is 22.8. The van der Waals surface area contributed by atoms with Crippen LogP contribution in [0.3, 0.4) is 0 Å². The lowest BCUT2D eigenvalue weighted by atomic mass is 9.61. The number of hydrogen-bond donors (Lipinski definition) is 3. The van der Waals surface area contributed by atoms with Crippen molar-refractivity contribution in [3.63, 3.8) is 0 Å². The van der Waals surface area contributed by atoms with Gasteiger partial charge in [0.15, 0.2) is 0 Å². The van der Waals surface area contributed by atoms with E-state index in [0.717, 1.165) is 30.4 Å². The Balaban J connectivity index is 1.70. The third kappa shape index (κ3) is 5.80. The third-order valence-electron chi connectivity index (χ3n) is 8.30. The quantitative estimate of drug-likeness (QED) is 0.464. The van der Waals surface area contributed by atoms with Gasteiger partial charge < -0.3 is 15.3 Å². The lowest BCUT2D eigenvalue weighted by molar-refractivity contribution is 0.0720. The molecule has 0 amide bonds. The van der Waals surface area contributed by atoms with Crippen LogP contribution in [0.1, 0.15) is 85.5 Å². The zero-order valence-corrected chi connectivity index (χ0v) is 20.1. The predicted molar refractivity (Wildman–Crippen MR) is 129 cm³/mol. The van der Waals surface area contributed by atoms with Gasteiger partial charge in [-0.05, 0) is 99.5 Å². The summed E-state index contributed by atoms with van der Waals surface area (Å²) in [5.41, 5.74) is 3.07. The standard InChI is InChI=1S/C28H44O3/c1-19(9-6-7-15-27(3,4)31)24-13-14-25-21(10-8-16-28(24,25)5)11-12-22-17-23(29)18-26(30)20(22)2/h6,9,11-12,19,23-26,29-31H,2,7-8,10,13-18H2,1,3-5H3/b9-6+,21-11+,22-12-/t19-,23-,24-,25+,26+,28-/m1/s1. The van der Waals surface area contributed by atoms with Crippen molar-refractivity contribution in [1.29, 1.82) is 0 Å². The number of hydrogen-bond acceptors (Lipinski definition) is 3. The first kappa shape index (κ1) is 24.5. The molecule has 0 aliphatic heterocycles. The second-order valence-electron chi connectivity index (χ2n) is 11.3. The number of fused-ring (bicyclic) bond motifs is 1. The van der Waals surface area contributed by atoms with Crippen LogP contribution in [-0.4, -0.2) is 33.1 Å². The van der Waals surface area contributed by atoms with Gasteiger partial charge in [0.1, 0.15) is 0 Å². The average molecular weight is 429 g/mol. The van der Waals surface area contributed by atoms with Crippen molar-refractivity contribution in [3.8, 4) is 0 Å². The molecule has 174 valence electrons. The van der Waals surface area contributed by atoms with Gasteiger partial charge in [-0.1, -0.05) is 50.3 Å². The van der Waals surface area contributed by atoms with Crippen molar-refractivity contribution in [1.82, 2.24) is 0 Å². The first-order valence-corrected chi connectivity index (χ1v) is 12.3. The monoisotopic (exact) mass is 428 g/mol. The van der Waals surface area contributed by atoms with Crippen LogP contribution in [0.25, 0.3) is 0 Å². The molecule has 3 aliphatic carbocycles. The second-order valence-corrected chi connectivity index (χ2v) is 11.3. The van der Waals surface area contributed by atoms with E-state index in [1.54, 1.807) is 5.57 Å². The third-order valence-corrected chi connectivity index (χ3v) is 8.30. The summed E-state index contributed by atoms with van der Waals surface area (Å²) in [6, 6.07) is 0. The minimum atomic E-state index is -0.620. The normalized spacial score (nSPS) is 38.2. The highest BCUT2D eigenvalue weighted by molar-refractivity contribution is 5.38. The fraction of sp³-hybridized carbons (Fsp3) is 0.714. The number of rotatable bonds is 6. The first-order chi connectivity index (χ1) is 14.5. The summed E-state index contributed by atoms with van der Waals surface area (Å²) in [6.07, 6.45) is 16.9. The van der Waals surface area contributed by atoms with Crippen LogP contribution in [0.15, 0.2) is 47.6 Å². The second kappa shape index (κ2) is 9.77. The molecule has 3 heteroatoms. The first-order valence-electron chi connectivity index (χ1n) is 12.3. The van der Waals surface area contributed by atoms with Gasteiger partial charge in [-0.25, -0.2) is 0 Å². The van der Waals surface area contributed by atoms with Gasteiger partial charge in [0.2, 0.25) is 0 Å². The molecule has 0 unspecified atom stereocenters. The Kier molecular flexibility index (Phi) is 7.71. The maximum absolute atomic E-state index is 10.1. The summed E-state index contributed by atoms with van der Waals surface area (Å²) in [6.45, 7) is 12.7. The molecule has 3 nitrogen and oxygen atoms in total. The fourth-order valence-electron chi connectivity index (χ4n) is 6.49. The van der Waals surface area contributed by atoms with Gasteiger partial charge >= 0.3 is 0 Å². The summed E-state index contributed by atoms with van der Waals surface area (Å²) < 4.78 is 0. The Morgan fingerprint density at radius 3 is 2.68 bits per heavy atom. The van der Waals surface area contributed by atoms with Gasteiger partial charge in [0, 0.05) is 6.42 Å². The molecule has 6 atom stereocenters. The van der Waals surface area contributed by atoms with Crippen LogP contribution in [0.5, 0.6) is 0 Å². The zero-order valence-electron chi connectivity index (χ0n) is 20.1. The summed E-state index contributed by atoms with van der Waals surface area (Å²) >= 11 is 0. The highest BCUT2D eigenvalue weighted by atomic mass is 16.3. The van der Waals surface area contributed by atoms with Gasteiger partial charge in [-0.3, -0.25) is 0 Å². The van der Waals surface area contributed by atoms with E-state index in [2.05, 4.69) is 44.7 Å². The van der Waals surface area contributed by atoms with E-state index in [1.807, 2.05) is 13.8 Å². The van der Waals surface area contributed by atoms with Crippen LogP contribution in [-0.2, 0) is 0 Å². The molecule has 3 aliphatic rings. The maximum Gasteiger partial charge on any atom is 0.0811 e. The van der Waals surface area contributed by atoms with E-state index in [0.29, 0.717) is 36.0 Å². The molecule has 0 heterocycles. The number of aliphatic hydroxyl groups is 3. The highest BCUT2D eigenvalue weighted by Crippen LogP contribution is 2.59. The van der Waals surface area contributed by atoms with E-state index < -0.39 is 17.8 Å². The lowest BCUT2D eigenvalue weighted by Crippen LogP contribution is -2.35. The molecule has 0 saturated heterocycles. The van der Waals surface area contributed by atoms with Crippen LogP contribution in [0.2, 0.25) is 0 Å². The Hall–Kier alpha value is -1.16. The smallest absolute Gasteiger partial charge is 0.0811 e. The summed E-state index contributed by atoms with van der Waals surface area (Å²) in [7, 11) is 0. The number of aliphatic hydroxyl groups excluding tert-OH is 2. The van der Waals surface area contributed by atoms with Crippen molar-refractivity contribution in [2.24, 2.45) is 23.2 Å². The van der Waals surface area contributed by atoms with Gasteiger partial charge in [-0.2, -0.15) is 0 Å². The van der Waals surface area contributed by atoms with Gasteiger partial charge in [0.05, 0.1) is 17.8 Å². The topological polar surface area (TPSA) is 60.7 Å². The molecule has 0 bridgehead atoms. The van der Waals surface area contributed by atoms with Crippen LogP contribution in [0, 0.1) is 23.2 Å². The van der Waals surface area contributed by atoms with E-state index in [9.17, 15) is 15.3 Å². The van der Waals surface area contributed by atoms with Crippen molar-refractivity contribution < 1.29 is 15.3 Å². The largest absolute Gasteiger partial charge is 0.393 e. The summed E-state index contributed by atoms with van der Waals surface area (Å²) in [5.74, 6) is 1.88. The SMILES string of the molecule is C=C1/C(=C\C=C2/CCC[C@]3(C)[C@@H]([C@H](C)/C=C/CCC(C)(C)O)CC[C@@H]23)C[C@@H](O)C[C@@H]1O. The van der Waals surface area contributed by atoms with E-state index in [4.69, 9.17) is 0 Å². The minimum absolute atomic E-state index is 0.338. The molecule has 31 heavy (non-hydrogen) atoms. The predicted octanol–water partition coefficient (Wildman–Crippen LogP) is 5.87. The minimum Gasteiger partial charge on any atom is -0.393 e. The molecule has 3 saturated carbocycles. The van der Waals surface area contributed by atoms with Crippen LogP contribution < -0.4 is 0 Å². The summed E-state index contributed by atoms with van der Waals surface area (Å²) in [5, 5.41) is 30.1. The van der Waals surface area contributed by atoms with Crippen molar-refractivity contribution in [2.45, 2.75) is 103 Å². The molecule has 3 fully saturated rings. The summed E-state index contributed by atoms with van der Waals surface area (Å²) in [4.78, 5) is 0.